The molecule has 1 aliphatic carbocycles. The fourth-order valence-corrected chi connectivity index (χ4v) is 6.49. The maximum atomic E-state index is 4.88. The molecule has 4 aromatic carbocycles. The molecule has 2 aromatic heterocycles. The second kappa shape index (κ2) is 10.5. The van der Waals surface area contributed by atoms with E-state index in [-0.39, 0.29) is 0 Å². The van der Waals surface area contributed by atoms with E-state index >= 15 is 0 Å². The van der Waals surface area contributed by atoms with Gasteiger partial charge in [-0.05, 0) is 47.9 Å². The first-order chi connectivity index (χ1) is 20.7. The Morgan fingerprint density at radius 2 is 0.762 bits per heavy atom. The second-order valence-corrected chi connectivity index (χ2v) is 10.8. The van der Waals surface area contributed by atoms with Gasteiger partial charge in [-0.25, -0.2) is 9.36 Å². The van der Waals surface area contributed by atoms with Gasteiger partial charge in [-0.2, -0.15) is 0 Å². The number of aryl methyl sites for hydroxylation is 4. The maximum Gasteiger partial charge on any atom is 0.122 e. The van der Waals surface area contributed by atoms with Gasteiger partial charge in [-0.1, -0.05) is 123 Å². The van der Waals surface area contributed by atoms with Crippen molar-refractivity contribution in [3.63, 3.8) is 0 Å². The van der Waals surface area contributed by atoms with Crippen LogP contribution in [-0.2, 0) is 25.7 Å². The monoisotopic (exact) mass is 550 g/mol. The number of aromatic nitrogens is 6. The van der Waals surface area contributed by atoms with Crippen molar-refractivity contribution < 1.29 is 0 Å². The molecule has 0 saturated heterocycles. The lowest BCUT2D eigenvalue weighted by Crippen LogP contribution is -2.08. The molecule has 0 N–H and O–H groups in total. The minimum absolute atomic E-state index is 0.856. The van der Waals surface area contributed by atoms with Gasteiger partial charge in [0.25, 0.3) is 0 Å². The van der Waals surface area contributed by atoms with E-state index in [0.717, 1.165) is 79.3 Å². The van der Waals surface area contributed by atoms with Gasteiger partial charge < -0.3 is 0 Å². The third kappa shape index (κ3) is 3.86. The van der Waals surface area contributed by atoms with Gasteiger partial charge >= 0.3 is 0 Å². The van der Waals surface area contributed by atoms with Crippen LogP contribution in [0.5, 0.6) is 0 Å². The van der Waals surface area contributed by atoms with Crippen molar-refractivity contribution in [2.24, 2.45) is 0 Å². The number of benzene rings is 4. The molecule has 2 heterocycles. The molecular formula is C36H34N6. The summed E-state index contributed by atoms with van der Waals surface area (Å²) in [7, 11) is 0. The van der Waals surface area contributed by atoms with E-state index in [0.29, 0.717) is 0 Å². The van der Waals surface area contributed by atoms with E-state index in [1.165, 1.54) is 22.3 Å². The van der Waals surface area contributed by atoms with Gasteiger partial charge in [0.2, 0.25) is 0 Å². The third-order valence-corrected chi connectivity index (χ3v) is 8.57. The van der Waals surface area contributed by atoms with Crippen LogP contribution in [-0.4, -0.2) is 30.0 Å². The highest BCUT2D eigenvalue weighted by Gasteiger charge is 2.17. The Labute approximate surface area is 243 Å². The van der Waals surface area contributed by atoms with Crippen molar-refractivity contribution in [1.82, 2.24) is 30.0 Å². The molecule has 6 heteroatoms. The van der Waals surface area contributed by atoms with E-state index < -0.39 is 0 Å². The van der Waals surface area contributed by atoms with E-state index in [9.17, 15) is 0 Å². The summed E-state index contributed by atoms with van der Waals surface area (Å²) < 4.78 is 4.17. The molecule has 0 bridgehead atoms. The average molecular weight is 551 g/mol. The molecule has 0 saturated carbocycles. The molecular weight excluding hydrogens is 516 g/mol. The molecule has 0 fully saturated rings. The average Bonchev–Trinajstić information content (AvgIpc) is 3.67. The zero-order chi connectivity index (χ0) is 28.8. The largest absolute Gasteiger partial charge is 0.212 e. The summed E-state index contributed by atoms with van der Waals surface area (Å²) in [6, 6.07) is 30.1. The highest BCUT2D eigenvalue weighted by Crippen LogP contribution is 2.24. The SMILES string of the molecule is CCc1cccc(CC)c1-n1nnc2c1=c1ccccc1=c1c(nnn1-c1c(CC)cccc1CC)=c1ccccc1=2. The molecule has 0 spiro atoms. The lowest BCUT2D eigenvalue weighted by Gasteiger charge is -2.14. The highest BCUT2D eigenvalue weighted by atomic mass is 15.4. The summed E-state index contributed by atoms with van der Waals surface area (Å²) in [5.41, 5.74) is 7.28. The number of fused-ring (bicyclic) bond motifs is 4. The summed E-state index contributed by atoms with van der Waals surface area (Å²) in [5.74, 6) is 0. The van der Waals surface area contributed by atoms with E-state index in [1.54, 1.807) is 0 Å². The van der Waals surface area contributed by atoms with Crippen molar-refractivity contribution in [3.8, 4) is 11.4 Å². The molecule has 208 valence electrons. The van der Waals surface area contributed by atoms with Crippen LogP contribution in [0.15, 0.2) is 84.9 Å². The van der Waals surface area contributed by atoms with Crippen LogP contribution in [0, 0.1) is 42.3 Å². The zero-order valence-electron chi connectivity index (χ0n) is 24.6. The van der Waals surface area contributed by atoms with Gasteiger partial charge in [0.05, 0.1) is 11.4 Å². The fraction of sp³-hybridized carbons (Fsp3) is 0.222. The van der Waals surface area contributed by atoms with Gasteiger partial charge in [0.15, 0.2) is 0 Å². The topological polar surface area (TPSA) is 61.4 Å². The lowest BCUT2D eigenvalue weighted by molar-refractivity contribution is 0.763. The number of para-hydroxylation sites is 2. The van der Waals surface area contributed by atoms with Crippen LogP contribution in [0.1, 0.15) is 49.9 Å². The lowest BCUT2D eigenvalue weighted by atomic mass is 10.0. The Kier molecular flexibility index (Phi) is 6.54. The van der Waals surface area contributed by atoms with Crippen LogP contribution < -0.4 is 0 Å². The molecule has 0 amide bonds. The fourth-order valence-electron chi connectivity index (χ4n) is 6.49. The van der Waals surface area contributed by atoms with Crippen molar-refractivity contribution in [2.75, 3.05) is 0 Å². The maximum absolute atomic E-state index is 4.88. The van der Waals surface area contributed by atoms with Gasteiger partial charge in [-0.3, -0.25) is 0 Å². The Balaban J connectivity index is 1.85. The molecule has 6 nitrogen and oxygen atoms in total. The highest BCUT2D eigenvalue weighted by molar-refractivity contribution is 5.49. The minimum Gasteiger partial charge on any atom is -0.212 e. The normalized spacial score (nSPS) is 11.7. The standard InChI is InChI=1S/C36H34N6/c1-5-23-15-13-16-24(6-2)33(23)41-35-29-21-11-12-22-30(29)36-32(28-20-10-9-19-27(28)31(35)37-39-41)38-40-42(36)34-25(7-3)17-14-18-26(34)8-4/h9-22H,5-8H2,1-4H3. The van der Waals surface area contributed by atoms with E-state index in [2.05, 4.69) is 122 Å². The smallest absolute Gasteiger partial charge is 0.122 e. The quantitative estimate of drug-likeness (QED) is 0.235. The molecule has 0 atom stereocenters. The van der Waals surface area contributed by atoms with Crippen LogP contribution >= 0.6 is 0 Å². The number of hydrogen-bond acceptors (Lipinski definition) is 4. The van der Waals surface area contributed by atoms with Crippen molar-refractivity contribution in [1.29, 1.82) is 0 Å². The Hall–Kier alpha value is -4.84. The number of rotatable bonds is 6. The van der Waals surface area contributed by atoms with E-state index in [4.69, 9.17) is 20.6 Å². The summed E-state index contributed by atoms with van der Waals surface area (Å²) in [6.45, 7) is 8.81. The minimum atomic E-state index is 0.856. The van der Waals surface area contributed by atoms with Crippen molar-refractivity contribution in [3.05, 3.63) is 149 Å². The number of nitrogens with zero attached hydrogens (tertiary/aromatic N) is 6. The Morgan fingerprint density at radius 1 is 0.429 bits per heavy atom. The summed E-state index contributed by atoms with van der Waals surface area (Å²) >= 11 is 0. The molecule has 0 aliphatic heterocycles. The molecule has 6 aromatic rings. The molecule has 0 radical (unpaired) electrons. The van der Waals surface area contributed by atoms with Crippen molar-refractivity contribution >= 4 is 0 Å². The predicted octanol–water partition coefficient (Wildman–Crippen LogP) is 6.56. The second-order valence-electron chi connectivity index (χ2n) is 10.8. The first-order valence-electron chi connectivity index (χ1n) is 15.0. The van der Waals surface area contributed by atoms with Crippen molar-refractivity contribution in [2.45, 2.75) is 53.4 Å². The van der Waals surface area contributed by atoms with Gasteiger partial charge in [-0.15, -0.1) is 10.2 Å². The van der Waals surface area contributed by atoms with Crippen LogP contribution in [0.4, 0.5) is 0 Å². The summed E-state index contributed by atoms with van der Waals surface area (Å²) in [6.07, 6.45) is 3.63. The van der Waals surface area contributed by atoms with Gasteiger partial charge in [0, 0.05) is 20.9 Å². The summed E-state index contributed by atoms with van der Waals surface area (Å²) in [4.78, 5) is 0. The Morgan fingerprint density at radius 3 is 1.10 bits per heavy atom. The number of hydrogen-bond donors (Lipinski definition) is 0. The Bertz CT molecular complexity index is 2160. The van der Waals surface area contributed by atoms with E-state index in [1.807, 2.05) is 0 Å². The molecule has 7 rings (SSSR count). The molecule has 1 aliphatic rings. The van der Waals surface area contributed by atoms with Crippen LogP contribution in [0.3, 0.4) is 0 Å². The molecule has 0 unspecified atom stereocenters. The van der Waals surface area contributed by atoms with Crippen LogP contribution in [0.25, 0.3) is 11.4 Å². The zero-order valence-corrected chi connectivity index (χ0v) is 24.6. The predicted molar refractivity (Wildman–Crippen MR) is 164 cm³/mol. The summed E-state index contributed by atoms with van der Waals surface area (Å²) in [5, 5.41) is 27.3. The van der Waals surface area contributed by atoms with Crippen LogP contribution in [0.2, 0.25) is 0 Å². The molecule has 42 heavy (non-hydrogen) atoms. The first-order valence-corrected chi connectivity index (χ1v) is 15.0. The third-order valence-electron chi connectivity index (χ3n) is 8.57. The first kappa shape index (κ1) is 26.1. The van der Waals surface area contributed by atoms with Gasteiger partial charge in [0.1, 0.15) is 21.4 Å².